The summed E-state index contributed by atoms with van der Waals surface area (Å²) in [5.74, 6) is 0. The molecule has 1 heterocycles. The molecule has 5 nitrogen and oxygen atoms in total. The van der Waals surface area contributed by atoms with Gasteiger partial charge in [0.1, 0.15) is 9.90 Å². The lowest BCUT2D eigenvalue weighted by atomic mass is 10.2. The highest BCUT2D eigenvalue weighted by Gasteiger charge is 2.24. The first-order chi connectivity index (χ1) is 9.85. The Morgan fingerprint density at radius 3 is 2.71 bits per heavy atom. The van der Waals surface area contributed by atoms with E-state index in [1.807, 2.05) is 0 Å². The molecule has 3 N–H and O–H groups in total. The van der Waals surface area contributed by atoms with E-state index in [4.69, 9.17) is 28.9 Å². The van der Waals surface area contributed by atoms with Gasteiger partial charge in [0.15, 0.2) is 0 Å². The fraction of sp³-hybridized carbons (Fsp3) is 0.250. The third-order valence-corrected chi connectivity index (χ3v) is 6.04. The van der Waals surface area contributed by atoms with Gasteiger partial charge in [-0.3, -0.25) is 0 Å². The van der Waals surface area contributed by atoms with Crippen molar-refractivity contribution in [1.29, 1.82) is 0 Å². The maximum Gasteiger partial charge on any atom is 0.242 e. The van der Waals surface area contributed by atoms with Crippen molar-refractivity contribution < 1.29 is 8.42 Å². The average molecular weight is 366 g/mol. The van der Waals surface area contributed by atoms with Crippen LogP contribution in [0.2, 0.25) is 10.0 Å². The van der Waals surface area contributed by atoms with Crippen LogP contribution in [0.25, 0.3) is 0 Å². The molecule has 0 radical (unpaired) electrons. The van der Waals surface area contributed by atoms with E-state index < -0.39 is 16.1 Å². The van der Waals surface area contributed by atoms with E-state index in [0.717, 1.165) is 0 Å². The van der Waals surface area contributed by atoms with Gasteiger partial charge in [0.25, 0.3) is 0 Å². The molecule has 114 valence electrons. The minimum Gasteiger partial charge on any atom is -0.326 e. The van der Waals surface area contributed by atoms with Gasteiger partial charge in [-0.1, -0.05) is 23.2 Å². The summed E-state index contributed by atoms with van der Waals surface area (Å²) in [6.07, 6.45) is 1.61. The molecule has 1 unspecified atom stereocenters. The molecular formula is C12H13Cl2N3O2S2. The van der Waals surface area contributed by atoms with Crippen LogP contribution in [-0.4, -0.2) is 13.4 Å². The highest BCUT2D eigenvalue weighted by atomic mass is 35.5. The van der Waals surface area contributed by atoms with Crippen molar-refractivity contribution in [1.82, 2.24) is 9.71 Å². The Hall–Kier alpha value is -0.700. The van der Waals surface area contributed by atoms with Crippen LogP contribution in [0, 0.1) is 0 Å². The molecule has 0 saturated carbocycles. The second kappa shape index (κ2) is 6.60. The smallest absolute Gasteiger partial charge is 0.242 e. The van der Waals surface area contributed by atoms with Crippen LogP contribution in [0.15, 0.2) is 28.6 Å². The lowest BCUT2D eigenvalue weighted by Crippen LogP contribution is -2.27. The zero-order valence-electron chi connectivity index (χ0n) is 11.0. The van der Waals surface area contributed by atoms with Gasteiger partial charge in [-0.2, -0.15) is 0 Å². The van der Waals surface area contributed by atoms with Crippen molar-refractivity contribution in [3.8, 4) is 0 Å². The van der Waals surface area contributed by atoms with Gasteiger partial charge in [0.2, 0.25) is 10.0 Å². The third kappa shape index (κ3) is 3.74. The molecule has 0 bridgehead atoms. The molecule has 2 rings (SSSR count). The number of nitrogens with zero attached hydrogens (tertiary/aromatic N) is 1. The Morgan fingerprint density at radius 1 is 1.43 bits per heavy atom. The van der Waals surface area contributed by atoms with Crippen molar-refractivity contribution in [2.75, 3.05) is 0 Å². The molecule has 1 atom stereocenters. The molecule has 0 aliphatic carbocycles. The number of nitrogens with two attached hydrogens (primary N) is 1. The summed E-state index contributed by atoms with van der Waals surface area (Å²) >= 11 is 13.4. The van der Waals surface area contributed by atoms with Crippen molar-refractivity contribution in [3.63, 3.8) is 0 Å². The largest absolute Gasteiger partial charge is 0.326 e. The molecule has 0 spiro atoms. The predicted molar refractivity (Wildman–Crippen MR) is 85.2 cm³/mol. The van der Waals surface area contributed by atoms with Crippen LogP contribution in [0.4, 0.5) is 0 Å². The summed E-state index contributed by atoms with van der Waals surface area (Å²) in [7, 11) is -3.83. The number of halogens is 2. The number of sulfonamides is 1. The summed E-state index contributed by atoms with van der Waals surface area (Å²) in [4.78, 5) is 4.00. The van der Waals surface area contributed by atoms with Gasteiger partial charge < -0.3 is 5.73 Å². The summed E-state index contributed by atoms with van der Waals surface area (Å²) in [6.45, 7) is 1.81. The van der Waals surface area contributed by atoms with Crippen molar-refractivity contribution in [3.05, 3.63) is 44.3 Å². The Kier molecular flexibility index (Phi) is 5.24. The normalized spacial score (nSPS) is 13.3. The first kappa shape index (κ1) is 16.7. The zero-order chi connectivity index (χ0) is 15.6. The minimum absolute atomic E-state index is 0.0828. The number of hydrogen-bond acceptors (Lipinski definition) is 5. The van der Waals surface area contributed by atoms with Crippen molar-refractivity contribution in [2.45, 2.75) is 24.4 Å². The van der Waals surface area contributed by atoms with E-state index in [1.54, 1.807) is 24.6 Å². The number of thiazole rings is 1. The Bertz CT molecular complexity index is 733. The fourth-order valence-electron chi connectivity index (χ4n) is 1.76. The predicted octanol–water partition coefficient (Wildman–Crippen LogP) is 2.95. The first-order valence-electron chi connectivity index (χ1n) is 5.95. The van der Waals surface area contributed by atoms with Gasteiger partial charge in [0.05, 0.1) is 11.1 Å². The van der Waals surface area contributed by atoms with Gasteiger partial charge >= 0.3 is 0 Å². The van der Waals surface area contributed by atoms with Gasteiger partial charge in [-0.25, -0.2) is 18.1 Å². The molecule has 2 aromatic rings. The van der Waals surface area contributed by atoms with Gasteiger partial charge in [-0.05, 0) is 24.6 Å². The number of benzene rings is 1. The minimum atomic E-state index is -3.83. The molecule has 0 amide bonds. The highest BCUT2D eigenvalue weighted by Crippen LogP contribution is 2.30. The van der Waals surface area contributed by atoms with Crippen LogP contribution in [-0.2, 0) is 16.6 Å². The molecule has 0 fully saturated rings. The molecule has 0 aliphatic rings. The first-order valence-corrected chi connectivity index (χ1v) is 9.06. The van der Waals surface area contributed by atoms with E-state index in [9.17, 15) is 8.42 Å². The zero-order valence-corrected chi connectivity index (χ0v) is 14.2. The lowest BCUT2D eigenvalue weighted by Gasteiger charge is -2.14. The highest BCUT2D eigenvalue weighted by molar-refractivity contribution is 7.89. The molecule has 1 aromatic carbocycles. The summed E-state index contributed by atoms with van der Waals surface area (Å²) in [5, 5.41) is 2.79. The summed E-state index contributed by atoms with van der Waals surface area (Å²) in [6, 6.07) is 2.39. The lowest BCUT2D eigenvalue weighted by molar-refractivity contribution is 0.566. The van der Waals surface area contributed by atoms with Gasteiger partial charge in [0, 0.05) is 23.1 Å². The molecule has 0 saturated heterocycles. The van der Waals surface area contributed by atoms with Crippen LogP contribution in [0.1, 0.15) is 23.5 Å². The third-order valence-electron chi connectivity index (χ3n) is 2.74. The monoisotopic (exact) mass is 365 g/mol. The standard InChI is InChI=1S/C12H13Cl2N3O2S2/c1-7(12-16-2-3-20-12)17-21(18,19)10-5-9(13)4-8(6-15)11(10)14/h2-5,7,17H,6,15H2,1H3. The maximum absolute atomic E-state index is 12.5. The van der Waals surface area contributed by atoms with E-state index in [-0.39, 0.29) is 21.5 Å². The molecule has 0 aliphatic heterocycles. The Balaban J connectivity index is 2.38. The Morgan fingerprint density at radius 2 is 2.14 bits per heavy atom. The summed E-state index contributed by atoms with van der Waals surface area (Å²) < 4.78 is 27.5. The topological polar surface area (TPSA) is 85.1 Å². The van der Waals surface area contributed by atoms with E-state index in [0.29, 0.717) is 10.6 Å². The number of aromatic nitrogens is 1. The van der Waals surface area contributed by atoms with E-state index in [2.05, 4.69) is 9.71 Å². The quantitative estimate of drug-likeness (QED) is 0.852. The second-order valence-corrected chi connectivity index (χ2v) is 7.72. The maximum atomic E-state index is 12.5. The van der Waals surface area contributed by atoms with Gasteiger partial charge in [-0.15, -0.1) is 11.3 Å². The van der Waals surface area contributed by atoms with Crippen LogP contribution in [0.5, 0.6) is 0 Å². The van der Waals surface area contributed by atoms with Crippen molar-refractivity contribution in [2.24, 2.45) is 5.73 Å². The average Bonchev–Trinajstić information content (AvgIpc) is 2.94. The SMILES string of the molecule is CC(NS(=O)(=O)c1cc(Cl)cc(CN)c1Cl)c1nccs1. The molecule has 21 heavy (non-hydrogen) atoms. The van der Waals surface area contributed by atoms with Crippen molar-refractivity contribution >= 4 is 44.6 Å². The number of rotatable bonds is 5. The number of hydrogen-bond donors (Lipinski definition) is 2. The second-order valence-electron chi connectivity index (χ2n) is 4.29. The molecule has 9 heteroatoms. The summed E-state index contributed by atoms with van der Waals surface area (Å²) in [5.41, 5.74) is 6.02. The van der Waals surface area contributed by atoms with Crippen LogP contribution >= 0.6 is 34.5 Å². The molecule has 1 aromatic heterocycles. The Labute approximate surface area is 137 Å². The van der Waals surface area contributed by atoms with E-state index in [1.165, 1.54) is 17.4 Å². The number of nitrogens with one attached hydrogen (secondary N) is 1. The van der Waals surface area contributed by atoms with E-state index >= 15 is 0 Å². The van der Waals surface area contributed by atoms with Crippen LogP contribution < -0.4 is 10.5 Å². The fourth-order valence-corrected chi connectivity index (χ4v) is 4.63. The molecular weight excluding hydrogens is 353 g/mol. The van der Waals surface area contributed by atoms with Crippen LogP contribution in [0.3, 0.4) is 0 Å².